The van der Waals surface area contributed by atoms with Crippen LogP contribution in [0.1, 0.15) is 33.0 Å². The second kappa shape index (κ2) is 5.50. The minimum absolute atomic E-state index is 0.103. The van der Waals surface area contributed by atoms with Gasteiger partial charge in [0.25, 0.3) is 0 Å². The van der Waals surface area contributed by atoms with Crippen LogP contribution in [-0.2, 0) is 23.0 Å². The highest BCUT2D eigenvalue weighted by molar-refractivity contribution is 7.89. The first-order chi connectivity index (χ1) is 10.8. The molecule has 1 N–H and O–H groups in total. The minimum Gasteiger partial charge on any atom is -0.478 e. The Morgan fingerprint density at radius 3 is 2.48 bits per heavy atom. The van der Waals surface area contributed by atoms with Crippen LogP contribution in [0.2, 0.25) is 0 Å². The number of aryl methyl sites for hydroxylation is 2. The van der Waals surface area contributed by atoms with Crippen LogP contribution >= 0.6 is 0 Å². The predicted molar refractivity (Wildman–Crippen MR) is 82.9 cm³/mol. The SMILES string of the molecule is Cc1oc(C)c(S(=O)(=O)N2CCc3ccccc3C2)c1C(=O)O. The summed E-state index contributed by atoms with van der Waals surface area (Å²) >= 11 is 0. The number of hydrogen-bond acceptors (Lipinski definition) is 4. The molecule has 0 fully saturated rings. The van der Waals surface area contributed by atoms with Gasteiger partial charge in [0.1, 0.15) is 22.0 Å². The Labute approximate surface area is 134 Å². The Bertz CT molecular complexity index is 882. The minimum atomic E-state index is -3.93. The molecule has 0 bridgehead atoms. The number of carbonyl (C=O) groups is 1. The molecule has 0 saturated heterocycles. The first-order valence-corrected chi connectivity index (χ1v) is 8.66. The van der Waals surface area contributed by atoms with E-state index in [0.29, 0.717) is 13.0 Å². The molecular weight excluding hydrogens is 318 g/mol. The Kier molecular flexibility index (Phi) is 3.77. The molecule has 0 radical (unpaired) electrons. The summed E-state index contributed by atoms with van der Waals surface area (Å²) in [5.74, 6) is -1.08. The summed E-state index contributed by atoms with van der Waals surface area (Å²) in [7, 11) is -3.93. The molecule has 122 valence electrons. The fourth-order valence-corrected chi connectivity index (χ4v) is 4.82. The Morgan fingerprint density at radius 2 is 1.83 bits per heavy atom. The van der Waals surface area contributed by atoms with Crippen molar-refractivity contribution in [1.82, 2.24) is 4.31 Å². The molecule has 0 unspecified atom stereocenters. The fraction of sp³-hybridized carbons (Fsp3) is 0.312. The number of hydrogen-bond donors (Lipinski definition) is 1. The Hall–Kier alpha value is -2.12. The number of carboxylic acid groups (broad SMARTS) is 1. The summed E-state index contributed by atoms with van der Waals surface area (Å²) in [5.41, 5.74) is 1.79. The molecule has 1 aliphatic heterocycles. The van der Waals surface area contributed by atoms with Gasteiger partial charge in [-0.1, -0.05) is 24.3 Å². The summed E-state index contributed by atoms with van der Waals surface area (Å²) < 4.78 is 32.5. The van der Waals surface area contributed by atoms with E-state index in [1.54, 1.807) is 0 Å². The van der Waals surface area contributed by atoms with Crippen LogP contribution in [0.3, 0.4) is 0 Å². The topological polar surface area (TPSA) is 87.8 Å². The molecule has 23 heavy (non-hydrogen) atoms. The van der Waals surface area contributed by atoms with Gasteiger partial charge in [-0.05, 0) is 31.4 Å². The van der Waals surface area contributed by atoms with E-state index in [4.69, 9.17) is 4.42 Å². The van der Waals surface area contributed by atoms with Gasteiger partial charge in [-0.25, -0.2) is 13.2 Å². The van der Waals surface area contributed by atoms with Crippen molar-refractivity contribution in [3.05, 3.63) is 52.5 Å². The second-order valence-electron chi connectivity index (χ2n) is 5.58. The van der Waals surface area contributed by atoms with Gasteiger partial charge in [0, 0.05) is 13.1 Å². The molecule has 1 aliphatic rings. The standard InChI is InChI=1S/C16H17NO5S/c1-10-14(16(18)19)15(11(2)22-10)23(20,21)17-8-7-12-5-3-4-6-13(12)9-17/h3-6H,7-9H2,1-2H3,(H,18,19). The zero-order valence-corrected chi connectivity index (χ0v) is 13.7. The third kappa shape index (κ3) is 2.55. The molecule has 3 rings (SSSR count). The normalized spacial score (nSPS) is 15.4. The van der Waals surface area contributed by atoms with E-state index in [2.05, 4.69) is 0 Å². The van der Waals surface area contributed by atoms with Crippen molar-refractivity contribution in [3.8, 4) is 0 Å². The molecule has 0 atom stereocenters. The number of furan rings is 1. The van der Waals surface area contributed by atoms with Crippen molar-refractivity contribution in [2.45, 2.75) is 31.7 Å². The lowest BCUT2D eigenvalue weighted by Gasteiger charge is -2.28. The molecule has 0 saturated carbocycles. The largest absolute Gasteiger partial charge is 0.478 e. The van der Waals surface area contributed by atoms with Crippen LogP contribution in [0.25, 0.3) is 0 Å². The van der Waals surface area contributed by atoms with E-state index in [1.807, 2.05) is 24.3 Å². The number of fused-ring (bicyclic) bond motifs is 1. The van der Waals surface area contributed by atoms with Crippen LogP contribution in [0.5, 0.6) is 0 Å². The maximum absolute atomic E-state index is 13.0. The van der Waals surface area contributed by atoms with E-state index in [1.165, 1.54) is 18.2 Å². The summed E-state index contributed by atoms with van der Waals surface area (Å²) in [6, 6.07) is 7.66. The molecule has 0 aliphatic carbocycles. The zero-order chi connectivity index (χ0) is 16.8. The number of nitrogens with zero attached hydrogens (tertiary/aromatic N) is 1. The lowest BCUT2D eigenvalue weighted by Crippen LogP contribution is -2.36. The van der Waals surface area contributed by atoms with Crippen LogP contribution in [0.4, 0.5) is 0 Å². The molecule has 7 heteroatoms. The third-order valence-corrected chi connectivity index (χ3v) is 6.11. The number of sulfonamides is 1. The molecular formula is C16H17NO5S. The molecule has 0 spiro atoms. The van der Waals surface area contributed by atoms with Crippen molar-refractivity contribution < 1.29 is 22.7 Å². The Balaban J connectivity index is 2.06. The summed E-state index contributed by atoms with van der Waals surface area (Å²) in [5, 5.41) is 9.34. The monoisotopic (exact) mass is 335 g/mol. The molecule has 1 aromatic heterocycles. The molecule has 2 heterocycles. The van der Waals surface area contributed by atoms with Crippen LogP contribution in [-0.4, -0.2) is 30.3 Å². The maximum atomic E-state index is 13.0. The number of rotatable bonds is 3. The summed E-state index contributed by atoms with van der Waals surface area (Å²) in [6.07, 6.45) is 0.605. The van der Waals surface area contributed by atoms with Crippen molar-refractivity contribution in [1.29, 1.82) is 0 Å². The molecule has 6 nitrogen and oxygen atoms in total. The van der Waals surface area contributed by atoms with E-state index in [9.17, 15) is 18.3 Å². The highest BCUT2D eigenvalue weighted by atomic mass is 32.2. The Morgan fingerprint density at radius 1 is 1.17 bits per heavy atom. The quantitative estimate of drug-likeness (QED) is 0.930. The maximum Gasteiger partial charge on any atom is 0.340 e. The molecule has 0 amide bonds. The number of aromatic carboxylic acids is 1. The first-order valence-electron chi connectivity index (χ1n) is 7.22. The second-order valence-corrected chi connectivity index (χ2v) is 7.46. The smallest absolute Gasteiger partial charge is 0.340 e. The number of carboxylic acids is 1. The molecule has 1 aromatic carbocycles. The van der Waals surface area contributed by atoms with Crippen molar-refractivity contribution >= 4 is 16.0 Å². The van der Waals surface area contributed by atoms with Gasteiger partial charge in [-0.3, -0.25) is 0 Å². The molecule has 2 aromatic rings. The van der Waals surface area contributed by atoms with Crippen LogP contribution in [0, 0.1) is 13.8 Å². The zero-order valence-electron chi connectivity index (χ0n) is 12.9. The van der Waals surface area contributed by atoms with E-state index < -0.39 is 16.0 Å². The lowest BCUT2D eigenvalue weighted by molar-refractivity contribution is 0.0691. The van der Waals surface area contributed by atoms with Gasteiger partial charge in [-0.2, -0.15) is 4.31 Å². The van der Waals surface area contributed by atoms with Crippen LogP contribution in [0.15, 0.2) is 33.6 Å². The van der Waals surface area contributed by atoms with Gasteiger partial charge in [0.2, 0.25) is 10.0 Å². The van der Waals surface area contributed by atoms with Crippen molar-refractivity contribution in [3.63, 3.8) is 0 Å². The van der Waals surface area contributed by atoms with Gasteiger partial charge >= 0.3 is 5.97 Å². The van der Waals surface area contributed by atoms with Gasteiger partial charge in [0.05, 0.1) is 0 Å². The van der Waals surface area contributed by atoms with Crippen molar-refractivity contribution in [2.75, 3.05) is 6.54 Å². The first kappa shape index (κ1) is 15.8. The highest BCUT2D eigenvalue weighted by Crippen LogP contribution is 2.32. The van der Waals surface area contributed by atoms with Gasteiger partial charge < -0.3 is 9.52 Å². The average molecular weight is 335 g/mol. The number of benzene rings is 1. The lowest BCUT2D eigenvalue weighted by atomic mass is 10.0. The third-order valence-electron chi connectivity index (χ3n) is 4.11. The van der Waals surface area contributed by atoms with Gasteiger partial charge in [-0.15, -0.1) is 0 Å². The average Bonchev–Trinajstić information content (AvgIpc) is 2.82. The van der Waals surface area contributed by atoms with E-state index >= 15 is 0 Å². The van der Waals surface area contributed by atoms with Crippen molar-refractivity contribution in [2.24, 2.45) is 0 Å². The van der Waals surface area contributed by atoms with E-state index in [-0.39, 0.29) is 28.5 Å². The van der Waals surface area contributed by atoms with E-state index in [0.717, 1.165) is 11.1 Å². The summed E-state index contributed by atoms with van der Waals surface area (Å²) in [6.45, 7) is 3.49. The predicted octanol–water partition coefficient (Wildman–Crippen LogP) is 2.34. The van der Waals surface area contributed by atoms with Crippen LogP contribution < -0.4 is 0 Å². The highest BCUT2D eigenvalue weighted by Gasteiger charge is 2.36. The summed E-state index contributed by atoms with van der Waals surface area (Å²) in [4.78, 5) is 11.2. The van der Waals surface area contributed by atoms with Gasteiger partial charge in [0.15, 0.2) is 0 Å². The fourth-order valence-electron chi connectivity index (χ4n) is 3.03.